The number of nitriles is 1. The van der Waals surface area contributed by atoms with Crippen LogP contribution in [0, 0.1) is 11.3 Å². The maximum absolute atomic E-state index is 9.08. The molecule has 0 saturated carbocycles. The molecule has 0 fully saturated rings. The van der Waals surface area contributed by atoms with Gasteiger partial charge in [0.25, 0.3) is 0 Å². The topological polar surface area (TPSA) is 41.6 Å². The largest absolute Gasteiger partial charge is 0.326 e. The molecule has 0 aromatic carbocycles. The van der Waals surface area contributed by atoms with E-state index in [0.29, 0.717) is 5.69 Å². The number of fused-ring (bicyclic) bond motifs is 1. The van der Waals surface area contributed by atoms with Crippen molar-refractivity contribution in [3.05, 3.63) is 28.9 Å². The van der Waals surface area contributed by atoms with Gasteiger partial charge < -0.3 is 4.57 Å². The standard InChI is InChI=1S/C12H11N3S/c13-8-9-10-4-1-2-6-15(10)12(14-9)11-5-3-7-16-11/h3,5,7H,1-2,4,6H2. The van der Waals surface area contributed by atoms with Crippen LogP contribution in [0.4, 0.5) is 0 Å². The molecule has 1 aliphatic rings. The van der Waals surface area contributed by atoms with Gasteiger partial charge in [0.15, 0.2) is 11.5 Å². The highest BCUT2D eigenvalue weighted by Gasteiger charge is 2.20. The van der Waals surface area contributed by atoms with E-state index in [1.54, 1.807) is 11.3 Å². The highest BCUT2D eigenvalue weighted by atomic mass is 32.1. The quantitative estimate of drug-likeness (QED) is 0.754. The summed E-state index contributed by atoms with van der Waals surface area (Å²) in [6.07, 6.45) is 3.35. The summed E-state index contributed by atoms with van der Waals surface area (Å²) in [4.78, 5) is 5.62. The van der Waals surface area contributed by atoms with Gasteiger partial charge in [0.2, 0.25) is 0 Å². The molecule has 0 atom stereocenters. The molecule has 0 unspecified atom stereocenters. The predicted octanol–water partition coefficient (Wildman–Crippen LogP) is 2.82. The monoisotopic (exact) mass is 229 g/mol. The molecule has 3 heterocycles. The van der Waals surface area contributed by atoms with E-state index in [-0.39, 0.29) is 0 Å². The molecule has 0 amide bonds. The van der Waals surface area contributed by atoms with Crippen molar-refractivity contribution in [2.45, 2.75) is 25.8 Å². The van der Waals surface area contributed by atoms with Crippen LogP contribution >= 0.6 is 11.3 Å². The third-order valence-electron chi connectivity index (χ3n) is 2.97. The Labute approximate surface area is 98.0 Å². The molecule has 0 radical (unpaired) electrons. The van der Waals surface area contributed by atoms with Crippen molar-refractivity contribution in [1.29, 1.82) is 5.26 Å². The van der Waals surface area contributed by atoms with Crippen LogP contribution in [-0.2, 0) is 13.0 Å². The van der Waals surface area contributed by atoms with E-state index < -0.39 is 0 Å². The molecule has 0 saturated heterocycles. The van der Waals surface area contributed by atoms with Gasteiger partial charge in [-0.2, -0.15) is 5.26 Å². The summed E-state index contributed by atoms with van der Waals surface area (Å²) in [5, 5.41) is 11.1. The molecule has 0 aliphatic carbocycles. The van der Waals surface area contributed by atoms with E-state index in [2.05, 4.69) is 21.7 Å². The lowest BCUT2D eigenvalue weighted by molar-refractivity contribution is 0.536. The molecule has 0 N–H and O–H groups in total. The Kier molecular flexibility index (Phi) is 2.26. The fourth-order valence-corrected chi connectivity index (χ4v) is 2.95. The summed E-state index contributed by atoms with van der Waals surface area (Å²) < 4.78 is 2.22. The number of hydrogen-bond acceptors (Lipinski definition) is 3. The second-order valence-corrected chi connectivity index (χ2v) is 4.88. The number of nitrogens with zero attached hydrogens (tertiary/aromatic N) is 3. The van der Waals surface area contributed by atoms with Crippen LogP contribution in [-0.4, -0.2) is 9.55 Å². The van der Waals surface area contributed by atoms with Gasteiger partial charge in [-0.15, -0.1) is 11.3 Å². The number of rotatable bonds is 1. The molecule has 3 nitrogen and oxygen atoms in total. The Morgan fingerprint density at radius 3 is 3.12 bits per heavy atom. The third kappa shape index (κ3) is 1.36. The molecular weight excluding hydrogens is 218 g/mol. The van der Waals surface area contributed by atoms with Crippen molar-refractivity contribution >= 4 is 11.3 Å². The fourth-order valence-electron chi connectivity index (χ4n) is 2.23. The van der Waals surface area contributed by atoms with E-state index in [0.717, 1.165) is 29.4 Å². The Morgan fingerprint density at radius 2 is 2.38 bits per heavy atom. The van der Waals surface area contributed by atoms with Crippen molar-refractivity contribution in [3.8, 4) is 16.8 Å². The van der Waals surface area contributed by atoms with Gasteiger partial charge in [-0.3, -0.25) is 0 Å². The highest BCUT2D eigenvalue weighted by Crippen LogP contribution is 2.29. The molecule has 4 heteroatoms. The van der Waals surface area contributed by atoms with Crippen LogP contribution in [0.3, 0.4) is 0 Å². The third-order valence-corrected chi connectivity index (χ3v) is 3.83. The van der Waals surface area contributed by atoms with Crippen molar-refractivity contribution in [3.63, 3.8) is 0 Å². The van der Waals surface area contributed by atoms with Gasteiger partial charge in [0.1, 0.15) is 6.07 Å². The van der Waals surface area contributed by atoms with Crippen LogP contribution < -0.4 is 0 Å². The van der Waals surface area contributed by atoms with E-state index in [9.17, 15) is 0 Å². The van der Waals surface area contributed by atoms with Gasteiger partial charge in [0, 0.05) is 6.54 Å². The minimum atomic E-state index is 0.614. The maximum atomic E-state index is 9.08. The van der Waals surface area contributed by atoms with E-state index in [4.69, 9.17) is 5.26 Å². The molecule has 2 aromatic rings. The van der Waals surface area contributed by atoms with Crippen molar-refractivity contribution in [2.75, 3.05) is 0 Å². The van der Waals surface area contributed by atoms with Crippen molar-refractivity contribution < 1.29 is 0 Å². The number of imidazole rings is 1. The normalized spacial score (nSPS) is 14.4. The first-order valence-electron chi connectivity index (χ1n) is 5.43. The molecule has 80 valence electrons. The molecular formula is C12H11N3S. The predicted molar refractivity (Wildman–Crippen MR) is 63.2 cm³/mol. The molecule has 1 aliphatic heterocycles. The van der Waals surface area contributed by atoms with Gasteiger partial charge in [-0.05, 0) is 30.7 Å². The van der Waals surface area contributed by atoms with Gasteiger partial charge >= 0.3 is 0 Å². The van der Waals surface area contributed by atoms with E-state index in [1.165, 1.54) is 12.8 Å². The zero-order chi connectivity index (χ0) is 11.0. The lowest BCUT2D eigenvalue weighted by atomic mass is 10.1. The van der Waals surface area contributed by atoms with Crippen LogP contribution in [0.2, 0.25) is 0 Å². The van der Waals surface area contributed by atoms with Crippen molar-refractivity contribution in [2.24, 2.45) is 0 Å². The number of thiophene rings is 1. The highest BCUT2D eigenvalue weighted by molar-refractivity contribution is 7.13. The summed E-state index contributed by atoms with van der Waals surface area (Å²) in [5.74, 6) is 0.973. The Bertz CT molecular complexity index is 546. The summed E-state index contributed by atoms with van der Waals surface area (Å²) in [6.45, 7) is 0.997. The lowest BCUT2D eigenvalue weighted by Gasteiger charge is -2.15. The summed E-state index contributed by atoms with van der Waals surface area (Å²) in [6, 6.07) is 6.30. The number of hydrogen-bond donors (Lipinski definition) is 0. The van der Waals surface area contributed by atoms with E-state index >= 15 is 0 Å². The molecule has 3 rings (SSSR count). The van der Waals surface area contributed by atoms with Crippen LogP contribution in [0.1, 0.15) is 24.2 Å². The molecule has 0 spiro atoms. The van der Waals surface area contributed by atoms with Gasteiger partial charge in [-0.1, -0.05) is 6.07 Å². The maximum Gasteiger partial charge on any atom is 0.162 e. The first-order chi connectivity index (χ1) is 7.90. The summed E-state index contributed by atoms with van der Waals surface area (Å²) in [5.41, 5.74) is 1.74. The first kappa shape index (κ1) is 9.61. The van der Waals surface area contributed by atoms with E-state index in [1.807, 2.05) is 11.4 Å². The van der Waals surface area contributed by atoms with Gasteiger partial charge in [-0.25, -0.2) is 4.98 Å². The summed E-state index contributed by atoms with van der Waals surface area (Å²) in [7, 11) is 0. The molecule has 16 heavy (non-hydrogen) atoms. The fraction of sp³-hybridized carbons (Fsp3) is 0.333. The molecule has 2 aromatic heterocycles. The Hall–Kier alpha value is -1.60. The SMILES string of the molecule is N#Cc1nc(-c2cccs2)n2c1CCCC2. The van der Waals surface area contributed by atoms with Crippen LogP contribution in [0.15, 0.2) is 17.5 Å². The average molecular weight is 229 g/mol. The lowest BCUT2D eigenvalue weighted by Crippen LogP contribution is -2.11. The second kappa shape index (κ2) is 3.76. The second-order valence-electron chi connectivity index (χ2n) is 3.93. The zero-order valence-corrected chi connectivity index (χ0v) is 9.63. The minimum Gasteiger partial charge on any atom is -0.326 e. The summed E-state index contributed by atoms with van der Waals surface area (Å²) >= 11 is 1.68. The van der Waals surface area contributed by atoms with Gasteiger partial charge in [0.05, 0.1) is 10.6 Å². The zero-order valence-electron chi connectivity index (χ0n) is 8.81. The molecule has 0 bridgehead atoms. The number of aromatic nitrogens is 2. The first-order valence-corrected chi connectivity index (χ1v) is 6.31. The minimum absolute atomic E-state index is 0.614. The Morgan fingerprint density at radius 1 is 1.44 bits per heavy atom. The van der Waals surface area contributed by atoms with Crippen molar-refractivity contribution in [1.82, 2.24) is 9.55 Å². The average Bonchev–Trinajstić information content (AvgIpc) is 2.95. The Balaban J connectivity index is 2.20. The van der Waals surface area contributed by atoms with Crippen LogP contribution in [0.25, 0.3) is 10.7 Å². The van der Waals surface area contributed by atoms with Crippen LogP contribution in [0.5, 0.6) is 0 Å². The smallest absolute Gasteiger partial charge is 0.162 e.